The number of hydrogen-bond donors (Lipinski definition) is 0. The second-order valence-corrected chi connectivity index (χ2v) is 5.17. The van der Waals surface area contributed by atoms with E-state index >= 15 is 0 Å². The van der Waals surface area contributed by atoms with E-state index in [0.717, 1.165) is 22.7 Å². The molecule has 3 aromatic rings. The van der Waals surface area contributed by atoms with Crippen molar-refractivity contribution in [1.29, 1.82) is 0 Å². The van der Waals surface area contributed by atoms with E-state index in [0.29, 0.717) is 11.7 Å². The monoisotopic (exact) mass is 326 g/mol. The van der Waals surface area contributed by atoms with Gasteiger partial charge in [0.2, 0.25) is 0 Å². The highest BCUT2D eigenvalue weighted by atomic mass is 16.5. The first-order chi connectivity index (χ1) is 11.6. The Morgan fingerprint density at radius 3 is 2.62 bits per heavy atom. The van der Waals surface area contributed by atoms with E-state index in [9.17, 15) is 0 Å². The molecule has 24 heavy (non-hydrogen) atoms. The van der Waals surface area contributed by atoms with Crippen LogP contribution in [-0.2, 0) is 0 Å². The molecule has 0 aliphatic carbocycles. The molecule has 0 aliphatic heterocycles. The Balaban J connectivity index is 1.94. The molecular weight excluding hydrogens is 308 g/mol. The Bertz CT molecular complexity index is 881. The van der Waals surface area contributed by atoms with Crippen molar-refractivity contribution in [3.8, 4) is 17.4 Å². The van der Waals surface area contributed by atoms with Crippen molar-refractivity contribution in [2.75, 3.05) is 14.2 Å². The summed E-state index contributed by atoms with van der Waals surface area (Å²) in [7, 11) is 3.21. The van der Waals surface area contributed by atoms with Crippen molar-refractivity contribution in [2.24, 2.45) is 5.10 Å². The van der Waals surface area contributed by atoms with Gasteiger partial charge in [-0.25, -0.2) is 4.68 Å². The smallest absolute Gasteiger partial charge is 0.273 e. The first-order valence-electron chi connectivity index (χ1n) is 7.32. The van der Waals surface area contributed by atoms with Crippen LogP contribution in [0.15, 0.2) is 35.7 Å². The lowest BCUT2D eigenvalue weighted by atomic mass is 10.2. The summed E-state index contributed by atoms with van der Waals surface area (Å²) in [6.45, 7) is 3.88. The molecular formula is C16H18N6O2. The molecule has 0 unspecified atom stereocenters. The molecule has 0 bridgehead atoms. The van der Waals surface area contributed by atoms with Gasteiger partial charge in [-0.3, -0.25) is 0 Å². The summed E-state index contributed by atoms with van der Waals surface area (Å²) >= 11 is 0. The molecule has 0 saturated carbocycles. The Labute approximate surface area is 139 Å². The van der Waals surface area contributed by atoms with Crippen LogP contribution in [0.1, 0.15) is 17.0 Å². The highest BCUT2D eigenvalue weighted by Crippen LogP contribution is 2.23. The van der Waals surface area contributed by atoms with Crippen LogP contribution < -0.4 is 9.47 Å². The van der Waals surface area contributed by atoms with E-state index in [1.807, 2.05) is 32.0 Å². The standard InChI is InChI=1S/C16H18N6O2/c1-11-7-12(2)22(20-11)16-19-17-10-21(16)18-9-13-5-6-14(23-3)8-15(13)24-4/h5-10H,1-4H3/b18-9-. The highest BCUT2D eigenvalue weighted by molar-refractivity contribution is 5.83. The minimum Gasteiger partial charge on any atom is -0.497 e. The molecule has 3 rings (SSSR count). The Morgan fingerprint density at radius 2 is 1.96 bits per heavy atom. The van der Waals surface area contributed by atoms with Crippen LogP contribution in [0, 0.1) is 13.8 Å². The summed E-state index contributed by atoms with van der Waals surface area (Å²) in [6, 6.07) is 7.48. The van der Waals surface area contributed by atoms with Gasteiger partial charge < -0.3 is 9.47 Å². The molecule has 8 nitrogen and oxygen atoms in total. The van der Waals surface area contributed by atoms with Gasteiger partial charge in [0, 0.05) is 17.3 Å². The summed E-state index contributed by atoms with van der Waals surface area (Å²) in [6.07, 6.45) is 3.20. The third-order valence-corrected chi connectivity index (χ3v) is 3.47. The van der Waals surface area contributed by atoms with Gasteiger partial charge >= 0.3 is 0 Å². The van der Waals surface area contributed by atoms with Crippen molar-refractivity contribution in [3.63, 3.8) is 0 Å². The summed E-state index contributed by atoms with van der Waals surface area (Å²) in [4.78, 5) is 0. The van der Waals surface area contributed by atoms with Crippen LogP contribution in [-0.4, -0.2) is 45.1 Å². The van der Waals surface area contributed by atoms with E-state index in [2.05, 4.69) is 20.4 Å². The van der Waals surface area contributed by atoms with Crippen LogP contribution in [0.25, 0.3) is 5.95 Å². The number of rotatable bonds is 5. The average Bonchev–Trinajstić information content (AvgIpc) is 3.18. The molecule has 2 heterocycles. The van der Waals surface area contributed by atoms with E-state index in [4.69, 9.17) is 9.47 Å². The van der Waals surface area contributed by atoms with Crippen molar-refractivity contribution in [3.05, 3.63) is 47.5 Å². The van der Waals surface area contributed by atoms with Gasteiger partial charge in [0.15, 0.2) is 0 Å². The van der Waals surface area contributed by atoms with Crippen molar-refractivity contribution in [2.45, 2.75) is 13.8 Å². The number of aromatic nitrogens is 5. The number of aryl methyl sites for hydroxylation is 2. The minimum atomic E-state index is 0.518. The third-order valence-electron chi connectivity index (χ3n) is 3.47. The zero-order valence-electron chi connectivity index (χ0n) is 14.0. The molecule has 0 fully saturated rings. The van der Waals surface area contributed by atoms with Crippen LogP contribution in [0.4, 0.5) is 0 Å². The molecule has 0 saturated heterocycles. The fourth-order valence-corrected chi connectivity index (χ4v) is 2.33. The lowest BCUT2D eigenvalue weighted by Crippen LogP contribution is -2.06. The molecule has 124 valence electrons. The molecule has 0 radical (unpaired) electrons. The molecule has 0 aliphatic rings. The van der Waals surface area contributed by atoms with Gasteiger partial charge in [-0.05, 0) is 32.0 Å². The summed E-state index contributed by atoms with van der Waals surface area (Å²) in [5.74, 6) is 1.90. The van der Waals surface area contributed by atoms with E-state index in [1.165, 1.54) is 6.33 Å². The van der Waals surface area contributed by atoms with Gasteiger partial charge in [-0.15, -0.1) is 10.2 Å². The lowest BCUT2D eigenvalue weighted by molar-refractivity contribution is 0.394. The first-order valence-corrected chi connectivity index (χ1v) is 7.32. The zero-order chi connectivity index (χ0) is 17.1. The van der Waals surface area contributed by atoms with E-state index in [1.54, 1.807) is 35.9 Å². The van der Waals surface area contributed by atoms with Crippen LogP contribution >= 0.6 is 0 Å². The molecule has 0 spiro atoms. The number of methoxy groups -OCH3 is 2. The van der Waals surface area contributed by atoms with E-state index in [-0.39, 0.29) is 0 Å². The molecule has 1 aromatic carbocycles. The van der Waals surface area contributed by atoms with Gasteiger partial charge in [-0.2, -0.15) is 14.9 Å². The minimum absolute atomic E-state index is 0.518. The SMILES string of the molecule is COc1ccc(/C=N\n2cnnc2-n2nc(C)cc2C)c(OC)c1. The predicted octanol–water partition coefficient (Wildman–Crippen LogP) is 1.98. The van der Waals surface area contributed by atoms with Gasteiger partial charge in [-0.1, -0.05) is 0 Å². The van der Waals surface area contributed by atoms with Crippen LogP contribution in [0.3, 0.4) is 0 Å². The predicted molar refractivity (Wildman–Crippen MR) is 89.2 cm³/mol. The van der Waals surface area contributed by atoms with Crippen molar-refractivity contribution < 1.29 is 9.47 Å². The average molecular weight is 326 g/mol. The Hall–Kier alpha value is -3.16. The van der Waals surface area contributed by atoms with Gasteiger partial charge in [0.25, 0.3) is 5.95 Å². The molecule has 8 heteroatoms. The number of benzene rings is 1. The maximum absolute atomic E-state index is 5.37. The van der Waals surface area contributed by atoms with Gasteiger partial charge in [0.05, 0.1) is 26.1 Å². The molecule has 0 amide bonds. The second kappa shape index (κ2) is 6.53. The maximum atomic E-state index is 5.37. The summed E-state index contributed by atoms with van der Waals surface area (Å²) in [5.41, 5.74) is 2.67. The van der Waals surface area contributed by atoms with Gasteiger partial charge in [0.1, 0.15) is 17.8 Å². The Morgan fingerprint density at radius 1 is 1.12 bits per heavy atom. The molecule has 0 N–H and O–H groups in total. The highest BCUT2D eigenvalue weighted by Gasteiger charge is 2.10. The fourth-order valence-electron chi connectivity index (χ4n) is 2.33. The summed E-state index contributed by atoms with van der Waals surface area (Å²) < 4.78 is 13.8. The van der Waals surface area contributed by atoms with E-state index < -0.39 is 0 Å². The fraction of sp³-hybridized carbons (Fsp3) is 0.250. The topological polar surface area (TPSA) is 79.4 Å². The Kier molecular flexibility index (Phi) is 4.28. The number of ether oxygens (including phenoxy) is 2. The quantitative estimate of drug-likeness (QED) is 0.670. The largest absolute Gasteiger partial charge is 0.497 e. The first kappa shape index (κ1) is 15.7. The zero-order valence-corrected chi connectivity index (χ0v) is 14.0. The molecule has 2 aromatic heterocycles. The second-order valence-electron chi connectivity index (χ2n) is 5.17. The number of nitrogens with zero attached hydrogens (tertiary/aromatic N) is 6. The van der Waals surface area contributed by atoms with Crippen LogP contribution in [0.5, 0.6) is 11.5 Å². The normalized spacial score (nSPS) is 11.2. The van der Waals surface area contributed by atoms with Crippen molar-refractivity contribution in [1.82, 2.24) is 24.7 Å². The van der Waals surface area contributed by atoms with Crippen LogP contribution in [0.2, 0.25) is 0 Å². The number of hydrogen-bond acceptors (Lipinski definition) is 6. The lowest BCUT2D eigenvalue weighted by Gasteiger charge is -2.07. The third kappa shape index (κ3) is 2.98. The van der Waals surface area contributed by atoms with Crippen molar-refractivity contribution >= 4 is 6.21 Å². The summed E-state index contributed by atoms with van der Waals surface area (Å²) in [5, 5.41) is 16.8. The molecule has 0 atom stereocenters. The maximum Gasteiger partial charge on any atom is 0.273 e.